The highest BCUT2D eigenvalue weighted by Gasteiger charge is 2.14. The van der Waals surface area contributed by atoms with Crippen molar-refractivity contribution < 1.29 is 0 Å². The summed E-state index contributed by atoms with van der Waals surface area (Å²) in [6.45, 7) is 1.84. The Balaban J connectivity index is 1.92. The Morgan fingerprint density at radius 3 is 2.95 bits per heavy atom. The Bertz CT molecular complexity index is 691. The molecule has 6 heteroatoms. The molecule has 0 spiro atoms. The first-order valence-electron chi connectivity index (χ1n) is 6.35. The van der Waals surface area contributed by atoms with Crippen molar-refractivity contribution in [3.63, 3.8) is 0 Å². The van der Waals surface area contributed by atoms with E-state index >= 15 is 0 Å². The highest BCUT2D eigenvalue weighted by Crippen LogP contribution is 2.18. The molecule has 5 nitrogen and oxygen atoms in total. The zero-order valence-corrected chi connectivity index (χ0v) is 11.5. The van der Waals surface area contributed by atoms with Crippen molar-refractivity contribution in [3.05, 3.63) is 41.3 Å². The molecular formula is C14H14ClN5. The largest absolute Gasteiger partial charge is 0.404 e. The van der Waals surface area contributed by atoms with Crippen molar-refractivity contribution in [3.8, 4) is 0 Å². The van der Waals surface area contributed by atoms with E-state index < -0.39 is 0 Å². The number of hydrogen-bond acceptors (Lipinski definition) is 5. The van der Waals surface area contributed by atoms with Gasteiger partial charge in [-0.1, -0.05) is 11.6 Å². The number of nitrogens with zero attached hydrogens (tertiary/aromatic N) is 3. The molecule has 0 radical (unpaired) electrons. The number of rotatable bonds is 3. The van der Waals surface area contributed by atoms with E-state index in [1.807, 2.05) is 12.1 Å². The van der Waals surface area contributed by atoms with E-state index in [-0.39, 0.29) is 0 Å². The molecule has 0 amide bonds. The Kier molecular flexibility index (Phi) is 3.62. The minimum Gasteiger partial charge on any atom is -0.404 e. The second-order valence-electron chi connectivity index (χ2n) is 4.61. The zero-order chi connectivity index (χ0) is 13.9. The van der Waals surface area contributed by atoms with Gasteiger partial charge in [-0.05, 0) is 18.2 Å². The van der Waals surface area contributed by atoms with Gasteiger partial charge in [-0.3, -0.25) is 9.98 Å². The fraction of sp³-hybridized carbons (Fsp3) is 0.214. The van der Waals surface area contributed by atoms with Crippen LogP contribution < -0.4 is 11.1 Å². The van der Waals surface area contributed by atoms with Crippen molar-refractivity contribution in [1.82, 2.24) is 15.3 Å². The summed E-state index contributed by atoms with van der Waals surface area (Å²) >= 11 is 5.90. The van der Waals surface area contributed by atoms with Crippen LogP contribution in [-0.2, 0) is 0 Å². The molecule has 1 aliphatic rings. The minimum atomic E-state index is 0.339. The second-order valence-corrected chi connectivity index (χ2v) is 5.00. The van der Waals surface area contributed by atoms with Crippen LogP contribution in [0.1, 0.15) is 5.56 Å². The van der Waals surface area contributed by atoms with Crippen LogP contribution in [0.4, 0.5) is 0 Å². The van der Waals surface area contributed by atoms with Crippen LogP contribution in [0.2, 0.25) is 5.15 Å². The fourth-order valence-corrected chi connectivity index (χ4v) is 2.07. The molecule has 0 aromatic carbocycles. The van der Waals surface area contributed by atoms with Crippen LogP contribution in [0.25, 0.3) is 16.6 Å². The van der Waals surface area contributed by atoms with Crippen molar-refractivity contribution in [2.45, 2.75) is 6.04 Å². The van der Waals surface area contributed by atoms with Crippen LogP contribution in [-0.4, -0.2) is 35.3 Å². The summed E-state index contributed by atoms with van der Waals surface area (Å²) in [5, 5.41) is 3.62. The fourth-order valence-electron chi connectivity index (χ4n) is 1.92. The van der Waals surface area contributed by atoms with E-state index in [4.69, 9.17) is 17.3 Å². The van der Waals surface area contributed by atoms with Gasteiger partial charge < -0.3 is 11.1 Å². The van der Waals surface area contributed by atoms with Crippen molar-refractivity contribution >= 4 is 34.4 Å². The monoisotopic (exact) mass is 287 g/mol. The number of aromatic nitrogens is 2. The van der Waals surface area contributed by atoms with Gasteiger partial charge in [0.15, 0.2) is 0 Å². The molecule has 102 valence electrons. The number of pyridine rings is 2. The van der Waals surface area contributed by atoms with Crippen LogP contribution in [0, 0.1) is 0 Å². The lowest BCUT2D eigenvalue weighted by molar-refractivity contribution is 0.449. The predicted octanol–water partition coefficient (Wildman–Crippen LogP) is 1.63. The van der Waals surface area contributed by atoms with E-state index in [1.165, 1.54) is 6.20 Å². The summed E-state index contributed by atoms with van der Waals surface area (Å²) in [5.74, 6) is 0. The Labute approximate surface area is 121 Å². The number of fused-ring (bicyclic) bond motifs is 1. The lowest BCUT2D eigenvalue weighted by atomic mass is 10.1. The SMILES string of the molecule is NC=C(C=NC1CNC1)c1cnc2ccc(Cl)nc2c1. The van der Waals surface area contributed by atoms with Crippen molar-refractivity contribution in [1.29, 1.82) is 0 Å². The number of hydrogen-bond donors (Lipinski definition) is 2. The molecule has 0 unspecified atom stereocenters. The topological polar surface area (TPSA) is 76.2 Å². The molecule has 3 N–H and O–H groups in total. The van der Waals surface area contributed by atoms with Crippen molar-refractivity contribution in [2.75, 3.05) is 13.1 Å². The smallest absolute Gasteiger partial charge is 0.129 e. The maximum atomic E-state index is 5.90. The average Bonchev–Trinajstić information content (AvgIpc) is 2.41. The van der Waals surface area contributed by atoms with E-state index in [9.17, 15) is 0 Å². The van der Waals surface area contributed by atoms with Gasteiger partial charge in [0.25, 0.3) is 0 Å². The number of nitrogens with two attached hydrogens (primary N) is 1. The molecule has 1 saturated heterocycles. The molecule has 20 heavy (non-hydrogen) atoms. The standard InChI is InChI=1S/C14H14ClN5/c15-14-2-1-12-13(20-14)3-9(5-19-12)10(4-16)6-18-11-7-17-8-11/h1-6,11,17H,7-8,16H2. The van der Waals surface area contributed by atoms with E-state index in [1.54, 1.807) is 18.5 Å². The minimum absolute atomic E-state index is 0.339. The first-order chi connectivity index (χ1) is 9.76. The Hall–Kier alpha value is -1.98. The third-order valence-corrected chi connectivity index (χ3v) is 3.41. The van der Waals surface area contributed by atoms with E-state index in [0.717, 1.165) is 35.3 Å². The molecule has 2 aromatic rings. The normalized spacial score (nSPS) is 16.8. The van der Waals surface area contributed by atoms with Gasteiger partial charge in [0.2, 0.25) is 0 Å². The quantitative estimate of drug-likeness (QED) is 0.664. The van der Waals surface area contributed by atoms with Crippen LogP contribution in [0.5, 0.6) is 0 Å². The molecule has 3 rings (SSSR count). The van der Waals surface area contributed by atoms with Gasteiger partial charge >= 0.3 is 0 Å². The summed E-state index contributed by atoms with van der Waals surface area (Å²) in [4.78, 5) is 13.1. The summed E-state index contributed by atoms with van der Waals surface area (Å²) in [5.41, 5.74) is 8.93. The summed E-state index contributed by atoms with van der Waals surface area (Å²) < 4.78 is 0. The van der Waals surface area contributed by atoms with Crippen LogP contribution in [0.15, 0.2) is 35.6 Å². The third kappa shape index (κ3) is 2.64. The average molecular weight is 288 g/mol. The molecule has 1 fully saturated rings. The highest BCUT2D eigenvalue weighted by atomic mass is 35.5. The Morgan fingerprint density at radius 1 is 1.40 bits per heavy atom. The molecule has 1 aliphatic heterocycles. The maximum Gasteiger partial charge on any atom is 0.129 e. The molecule has 3 heterocycles. The molecular weight excluding hydrogens is 274 g/mol. The first-order valence-corrected chi connectivity index (χ1v) is 6.72. The summed E-state index contributed by atoms with van der Waals surface area (Å²) in [6, 6.07) is 5.82. The third-order valence-electron chi connectivity index (χ3n) is 3.20. The number of aliphatic imine (C=N–C) groups is 1. The summed E-state index contributed by atoms with van der Waals surface area (Å²) in [6.07, 6.45) is 5.09. The van der Waals surface area contributed by atoms with E-state index in [0.29, 0.717) is 11.2 Å². The number of halogens is 1. The van der Waals surface area contributed by atoms with Crippen molar-refractivity contribution in [2.24, 2.45) is 10.7 Å². The highest BCUT2D eigenvalue weighted by molar-refractivity contribution is 6.29. The molecule has 0 saturated carbocycles. The van der Waals surface area contributed by atoms with Gasteiger partial charge in [-0.15, -0.1) is 0 Å². The molecule has 2 aromatic heterocycles. The van der Waals surface area contributed by atoms with Gasteiger partial charge in [-0.25, -0.2) is 4.98 Å². The van der Waals surface area contributed by atoms with Crippen LogP contribution in [0.3, 0.4) is 0 Å². The first kappa shape index (κ1) is 13.0. The lowest BCUT2D eigenvalue weighted by Gasteiger charge is -2.22. The number of allylic oxidation sites excluding steroid dienone is 1. The van der Waals surface area contributed by atoms with Gasteiger partial charge in [0, 0.05) is 42.8 Å². The summed E-state index contributed by atoms with van der Waals surface area (Å²) in [7, 11) is 0. The predicted molar refractivity (Wildman–Crippen MR) is 81.9 cm³/mol. The van der Waals surface area contributed by atoms with Gasteiger partial charge in [0.1, 0.15) is 5.15 Å². The van der Waals surface area contributed by atoms with Gasteiger partial charge in [0.05, 0.1) is 17.1 Å². The Morgan fingerprint density at radius 2 is 2.25 bits per heavy atom. The van der Waals surface area contributed by atoms with Crippen LogP contribution >= 0.6 is 11.6 Å². The number of nitrogens with one attached hydrogen (secondary N) is 1. The molecule has 0 atom stereocenters. The zero-order valence-electron chi connectivity index (χ0n) is 10.8. The molecule has 0 aliphatic carbocycles. The van der Waals surface area contributed by atoms with E-state index in [2.05, 4.69) is 20.3 Å². The lowest BCUT2D eigenvalue weighted by Crippen LogP contribution is -2.45. The van der Waals surface area contributed by atoms with Gasteiger partial charge in [-0.2, -0.15) is 0 Å². The maximum absolute atomic E-state index is 5.90. The molecule has 0 bridgehead atoms. The second kappa shape index (κ2) is 5.56.